The number of para-hydroxylation sites is 1. The number of ether oxygens (including phenoxy) is 1. The topological polar surface area (TPSA) is 128 Å². The normalized spacial score (nSPS) is 22.7. The Bertz CT molecular complexity index is 1860. The van der Waals surface area contributed by atoms with Gasteiger partial charge >= 0.3 is 11.9 Å². The van der Waals surface area contributed by atoms with E-state index in [1.807, 2.05) is 13.8 Å². The SMILES string of the molecule is Cc1c(N2C(=O)C(=O)/C(=C(/O)c3ccc(Br)cc3)C23C(=O)OC2=C3C(=O)CC(C)(C)C2)c(=O)n(-c2ccccc2)n1C. The summed E-state index contributed by atoms with van der Waals surface area (Å²) >= 11 is 3.32. The van der Waals surface area contributed by atoms with Crippen molar-refractivity contribution in [1.82, 2.24) is 9.36 Å². The minimum Gasteiger partial charge on any atom is -0.507 e. The molecule has 3 aliphatic rings. The average molecular weight is 632 g/mol. The number of Topliss-reactive ketones (excluding diaryl/α,β-unsaturated/α-hetero) is 2. The van der Waals surface area contributed by atoms with Gasteiger partial charge < -0.3 is 9.84 Å². The fourth-order valence-electron chi connectivity index (χ4n) is 6.22. The molecule has 0 radical (unpaired) electrons. The quantitative estimate of drug-likeness (QED) is 0.200. The number of benzene rings is 2. The number of aromatic nitrogens is 2. The Morgan fingerprint density at radius 2 is 1.60 bits per heavy atom. The van der Waals surface area contributed by atoms with Crippen LogP contribution in [0.1, 0.15) is 37.9 Å². The molecule has 1 spiro atoms. The smallest absolute Gasteiger partial charge is 0.347 e. The fraction of sp³-hybridized carbons (Fsp3) is 0.258. The third-order valence-electron chi connectivity index (χ3n) is 8.13. The molecule has 1 fully saturated rings. The van der Waals surface area contributed by atoms with Crippen molar-refractivity contribution >= 4 is 50.8 Å². The number of aliphatic hydroxyl groups excluding tert-OH is 1. The Morgan fingerprint density at radius 1 is 0.952 bits per heavy atom. The molecule has 10 nitrogen and oxygen atoms in total. The van der Waals surface area contributed by atoms with Crippen LogP contribution in [0.2, 0.25) is 0 Å². The lowest BCUT2D eigenvalue weighted by Crippen LogP contribution is -2.56. The van der Waals surface area contributed by atoms with Crippen molar-refractivity contribution in [2.75, 3.05) is 4.90 Å². The van der Waals surface area contributed by atoms with Crippen LogP contribution in [0.25, 0.3) is 11.4 Å². The summed E-state index contributed by atoms with van der Waals surface area (Å²) in [7, 11) is 1.60. The van der Waals surface area contributed by atoms with E-state index in [1.165, 1.54) is 21.5 Å². The van der Waals surface area contributed by atoms with Crippen LogP contribution in [0.15, 0.2) is 80.8 Å². The summed E-state index contributed by atoms with van der Waals surface area (Å²) in [6.07, 6.45) is 0.168. The lowest BCUT2D eigenvalue weighted by Gasteiger charge is -2.35. The zero-order chi connectivity index (χ0) is 30.3. The molecule has 3 aromatic rings. The number of halogens is 1. The van der Waals surface area contributed by atoms with Crippen molar-refractivity contribution in [2.45, 2.75) is 39.2 Å². The molecule has 1 unspecified atom stereocenters. The number of hydrogen-bond donors (Lipinski definition) is 1. The number of carbonyl (C=O) groups excluding carboxylic acids is 4. The molecule has 42 heavy (non-hydrogen) atoms. The number of amides is 1. The monoisotopic (exact) mass is 631 g/mol. The van der Waals surface area contributed by atoms with Crippen LogP contribution in [0.5, 0.6) is 0 Å². The molecule has 2 aromatic carbocycles. The van der Waals surface area contributed by atoms with E-state index in [-0.39, 0.29) is 41.1 Å². The second kappa shape index (κ2) is 9.25. The maximum absolute atomic E-state index is 14.2. The van der Waals surface area contributed by atoms with E-state index < -0.39 is 51.3 Å². The molecule has 1 saturated heterocycles. The Morgan fingerprint density at radius 3 is 2.24 bits per heavy atom. The van der Waals surface area contributed by atoms with Gasteiger partial charge in [0.2, 0.25) is 5.54 Å². The Hall–Kier alpha value is -4.51. The molecular formula is C31H26BrN3O7. The molecule has 2 aliphatic heterocycles. The number of aliphatic hydroxyl groups is 1. The third kappa shape index (κ3) is 3.65. The van der Waals surface area contributed by atoms with Gasteiger partial charge in [0.1, 0.15) is 17.2 Å². The summed E-state index contributed by atoms with van der Waals surface area (Å²) in [6.45, 7) is 5.25. The maximum atomic E-state index is 14.2. The maximum Gasteiger partial charge on any atom is 0.347 e. The van der Waals surface area contributed by atoms with Crippen LogP contribution in [0, 0.1) is 12.3 Å². The molecular weight excluding hydrogens is 606 g/mol. The number of ketones is 2. The van der Waals surface area contributed by atoms with Crippen molar-refractivity contribution < 1.29 is 29.0 Å². The largest absolute Gasteiger partial charge is 0.507 e. The summed E-state index contributed by atoms with van der Waals surface area (Å²) in [5.74, 6) is -4.71. The molecule has 0 saturated carbocycles. The molecule has 6 rings (SSSR count). The van der Waals surface area contributed by atoms with Gasteiger partial charge in [-0.05, 0) is 36.6 Å². The standard InChI is InChI=1S/C31H26BrN3O7/c1-16-24(27(39)35(33(16)4)19-8-6-5-7-9-19)34-28(40)26(38)23(25(37)17-10-12-18(32)13-11-17)31(34)22-20(36)14-30(2,3)15-21(22)42-29(31)41/h5-13,37H,14-15H2,1-4H3/b25-23-. The number of nitrogens with zero attached hydrogens (tertiary/aromatic N) is 3. The minimum atomic E-state index is -2.49. The van der Waals surface area contributed by atoms with E-state index in [2.05, 4.69) is 15.9 Å². The molecule has 1 amide bonds. The number of hydrogen-bond acceptors (Lipinski definition) is 7. The van der Waals surface area contributed by atoms with E-state index in [9.17, 15) is 29.1 Å². The van der Waals surface area contributed by atoms with Crippen molar-refractivity contribution in [3.05, 3.63) is 97.6 Å². The average Bonchev–Trinajstić information content (AvgIpc) is 3.42. The van der Waals surface area contributed by atoms with E-state index >= 15 is 0 Å². The van der Waals surface area contributed by atoms with Crippen LogP contribution in [-0.4, -0.2) is 43.5 Å². The number of fused-ring (bicyclic) bond motifs is 1. The lowest BCUT2D eigenvalue weighted by molar-refractivity contribution is -0.141. The van der Waals surface area contributed by atoms with E-state index in [0.29, 0.717) is 10.2 Å². The van der Waals surface area contributed by atoms with Crippen LogP contribution in [-0.2, 0) is 31.0 Å². The van der Waals surface area contributed by atoms with Crippen LogP contribution >= 0.6 is 15.9 Å². The number of rotatable bonds is 3. The first-order valence-corrected chi connectivity index (χ1v) is 14.0. The first-order chi connectivity index (χ1) is 19.8. The highest BCUT2D eigenvalue weighted by Gasteiger charge is 2.71. The van der Waals surface area contributed by atoms with E-state index in [1.54, 1.807) is 56.4 Å². The first-order valence-electron chi connectivity index (χ1n) is 13.2. The second-order valence-electron chi connectivity index (χ2n) is 11.4. The predicted molar refractivity (Wildman–Crippen MR) is 156 cm³/mol. The molecule has 1 aliphatic carbocycles. The van der Waals surface area contributed by atoms with Gasteiger partial charge in [0, 0.05) is 29.9 Å². The Labute approximate surface area is 248 Å². The van der Waals surface area contributed by atoms with Crippen molar-refractivity contribution in [3.8, 4) is 5.69 Å². The van der Waals surface area contributed by atoms with Gasteiger partial charge in [0.15, 0.2) is 5.78 Å². The minimum absolute atomic E-state index is 0.00517. The molecule has 0 bridgehead atoms. The summed E-state index contributed by atoms with van der Waals surface area (Å²) in [5, 5.41) is 11.6. The summed E-state index contributed by atoms with van der Waals surface area (Å²) in [4.78, 5) is 70.8. The Balaban J connectivity index is 1.72. The molecule has 1 atom stereocenters. The van der Waals surface area contributed by atoms with Gasteiger partial charge in [0.25, 0.3) is 11.3 Å². The van der Waals surface area contributed by atoms with Crippen molar-refractivity contribution in [3.63, 3.8) is 0 Å². The third-order valence-corrected chi connectivity index (χ3v) is 8.66. The summed E-state index contributed by atoms with van der Waals surface area (Å²) < 4.78 is 9.18. The van der Waals surface area contributed by atoms with E-state index in [0.717, 1.165) is 4.90 Å². The molecule has 214 valence electrons. The van der Waals surface area contributed by atoms with Crippen molar-refractivity contribution in [2.24, 2.45) is 12.5 Å². The highest BCUT2D eigenvalue weighted by molar-refractivity contribution is 9.10. The van der Waals surface area contributed by atoms with E-state index in [4.69, 9.17) is 4.74 Å². The zero-order valence-corrected chi connectivity index (χ0v) is 24.8. The van der Waals surface area contributed by atoms with Crippen LogP contribution < -0.4 is 10.5 Å². The number of carbonyl (C=O) groups is 4. The summed E-state index contributed by atoms with van der Waals surface area (Å²) in [5.41, 5.74) is -4.01. The summed E-state index contributed by atoms with van der Waals surface area (Å²) in [6, 6.07) is 14.9. The van der Waals surface area contributed by atoms with Gasteiger partial charge in [-0.1, -0.05) is 60.1 Å². The number of anilines is 1. The second-order valence-corrected chi connectivity index (χ2v) is 12.4. The predicted octanol–water partition coefficient (Wildman–Crippen LogP) is 4.07. The number of allylic oxidation sites excluding steroid dienone is 1. The van der Waals surface area contributed by atoms with Gasteiger partial charge in [-0.2, -0.15) is 0 Å². The fourth-order valence-corrected chi connectivity index (χ4v) is 6.49. The van der Waals surface area contributed by atoms with Crippen LogP contribution in [0.4, 0.5) is 5.69 Å². The van der Waals surface area contributed by atoms with Crippen LogP contribution in [0.3, 0.4) is 0 Å². The molecule has 1 N–H and O–H groups in total. The van der Waals surface area contributed by atoms with Gasteiger partial charge in [-0.15, -0.1) is 0 Å². The molecule has 11 heteroatoms. The Kier molecular flexibility index (Phi) is 6.09. The van der Waals surface area contributed by atoms with Gasteiger partial charge in [-0.3, -0.25) is 28.8 Å². The van der Waals surface area contributed by atoms with Gasteiger partial charge in [0.05, 0.1) is 22.5 Å². The zero-order valence-electron chi connectivity index (χ0n) is 23.2. The van der Waals surface area contributed by atoms with Gasteiger partial charge in [-0.25, -0.2) is 9.48 Å². The highest BCUT2D eigenvalue weighted by atomic mass is 79.9. The highest BCUT2D eigenvalue weighted by Crippen LogP contribution is 2.54. The molecule has 3 heterocycles. The molecule has 1 aromatic heterocycles. The van der Waals surface area contributed by atoms with Crippen molar-refractivity contribution in [1.29, 1.82) is 0 Å². The lowest BCUT2D eigenvalue weighted by atomic mass is 9.70. The first kappa shape index (κ1) is 27.6. The number of esters is 1.